The smallest absolute Gasteiger partial charge is 0.135 e. The second kappa shape index (κ2) is 7.62. The van der Waals surface area contributed by atoms with Crippen LogP contribution < -0.4 is 0 Å². The van der Waals surface area contributed by atoms with E-state index in [9.17, 15) is 0 Å². The molecule has 0 amide bonds. The van der Waals surface area contributed by atoms with Crippen molar-refractivity contribution in [3.05, 3.63) is 133 Å². The molecule has 0 aliphatic heterocycles. The summed E-state index contributed by atoms with van der Waals surface area (Å²) < 4.78 is 11.0. The van der Waals surface area contributed by atoms with Crippen LogP contribution in [0.5, 0.6) is 0 Å². The first kappa shape index (κ1) is 20.7. The minimum atomic E-state index is 0.909. The van der Waals surface area contributed by atoms with Crippen molar-refractivity contribution in [2.45, 2.75) is 0 Å². The third-order valence-corrected chi connectivity index (χ3v) is 8.10. The van der Waals surface area contributed by atoms with Gasteiger partial charge in [0.2, 0.25) is 0 Å². The van der Waals surface area contributed by atoms with E-state index in [-0.39, 0.29) is 0 Å². The summed E-state index contributed by atoms with van der Waals surface area (Å²) in [4.78, 5) is 0. The molecular formula is C36H22N2O. The first-order chi connectivity index (χ1) is 19.4. The van der Waals surface area contributed by atoms with E-state index in [1.807, 2.05) is 12.1 Å². The quantitative estimate of drug-likeness (QED) is 0.233. The molecule has 0 fully saturated rings. The largest absolute Gasteiger partial charge is 0.456 e. The lowest BCUT2D eigenvalue weighted by Crippen LogP contribution is -1.95. The summed E-state index contributed by atoms with van der Waals surface area (Å²) in [5.74, 6) is 0. The van der Waals surface area contributed by atoms with Crippen molar-refractivity contribution >= 4 is 65.6 Å². The van der Waals surface area contributed by atoms with Gasteiger partial charge in [0, 0.05) is 43.7 Å². The molecule has 182 valence electrons. The number of nitrogens with zero attached hydrogens (tertiary/aromatic N) is 2. The zero-order chi connectivity index (χ0) is 25.5. The summed E-state index contributed by atoms with van der Waals surface area (Å²) in [7, 11) is 0. The van der Waals surface area contributed by atoms with Crippen LogP contribution in [0.3, 0.4) is 0 Å². The molecule has 39 heavy (non-hydrogen) atoms. The number of aromatic nitrogens is 2. The van der Waals surface area contributed by atoms with Gasteiger partial charge in [-0.15, -0.1) is 0 Å². The molecule has 9 rings (SSSR count). The number of hydrogen-bond donors (Lipinski definition) is 0. The minimum Gasteiger partial charge on any atom is -0.456 e. The van der Waals surface area contributed by atoms with Crippen molar-refractivity contribution in [1.82, 2.24) is 9.13 Å². The second-order valence-electron chi connectivity index (χ2n) is 10.2. The van der Waals surface area contributed by atoms with Crippen LogP contribution in [0.4, 0.5) is 0 Å². The summed E-state index contributed by atoms with van der Waals surface area (Å²) in [6.07, 6.45) is 0. The predicted molar refractivity (Wildman–Crippen MR) is 162 cm³/mol. The van der Waals surface area contributed by atoms with Gasteiger partial charge in [-0.25, -0.2) is 0 Å². The predicted octanol–water partition coefficient (Wildman–Crippen LogP) is 9.78. The van der Waals surface area contributed by atoms with Gasteiger partial charge in [-0.1, -0.05) is 78.9 Å². The van der Waals surface area contributed by atoms with Crippen LogP contribution in [-0.4, -0.2) is 9.13 Å². The normalized spacial score (nSPS) is 12.1. The fourth-order valence-corrected chi connectivity index (χ4v) is 6.49. The third-order valence-electron chi connectivity index (χ3n) is 8.10. The van der Waals surface area contributed by atoms with E-state index in [0.717, 1.165) is 33.3 Å². The maximum atomic E-state index is 6.17. The molecule has 0 bridgehead atoms. The SMILES string of the molecule is c1ccc(-n2c3ccccc3c3c2ccc2c4ccccc4n(-c4ccc5oc6ccccc6c5c4)c23)cc1. The standard InChI is InChI=1S/C36H22N2O/c1-2-10-23(11-3-1)37-31-16-8-5-14-28(31)35-32(37)20-19-27-25-12-4-7-15-30(25)38(36(27)35)24-18-21-34-29(22-24)26-13-6-9-17-33(26)39-34/h1-22H. The molecule has 9 aromatic rings. The maximum Gasteiger partial charge on any atom is 0.135 e. The molecule has 0 spiro atoms. The summed E-state index contributed by atoms with van der Waals surface area (Å²) >= 11 is 0. The molecule has 3 nitrogen and oxygen atoms in total. The van der Waals surface area contributed by atoms with Gasteiger partial charge in [-0.2, -0.15) is 0 Å². The van der Waals surface area contributed by atoms with Crippen molar-refractivity contribution in [1.29, 1.82) is 0 Å². The number of furan rings is 1. The van der Waals surface area contributed by atoms with E-state index >= 15 is 0 Å². The lowest BCUT2D eigenvalue weighted by Gasteiger charge is -2.10. The highest BCUT2D eigenvalue weighted by Crippen LogP contribution is 2.42. The molecule has 0 atom stereocenters. The van der Waals surface area contributed by atoms with E-state index < -0.39 is 0 Å². The Hall–Kier alpha value is -5.28. The zero-order valence-corrected chi connectivity index (χ0v) is 21.0. The second-order valence-corrected chi connectivity index (χ2v) is 10.2. The Morgan fingerprint density at radius 2 is 1.05 bits per heavy atom. The van der Waals surface area contributed by atoms with Gasteiger partial charge in [0.25, 0.3) is 0 Å². The first-order valence-corrected chi connectivity index (χ1v) is 13.3. The molecule has 3 aromatic heterocycles. The molecule has 3 heteroatoms. The molecule has 0 aliphatic rings. The summed E-state index contributed by atoms with van der Waals surface area (Å²) in [6, 6.07) is 47.6. The van der Waals surface area contributed by atoms with Crippen molar-refractivity contribution < 1.29 is 4.42 Å². The van der Waals surface area contributed by atoms with Crippen molar-refractivity contribution in [3.8, 4) is 11.4 Å². The molecule has 0 radical (unpaired) electrons. The molecule has 0 aliphatic carbocycles. The summed E-state index contributed by atoms with van der Waals surface area (Å²) in [5.41, 5.74) is 8.96. The van der Waals surface area contributed by atoms with Gasteiger partial charge in [0.05, 0.1) is 22.1 Å². The van der Waals surface area contributed by atoms with Gasteiger partial charge in [-0.05, 0) is 54.6 Å². The van der Waals surface area contributed by atoms with Crippen molar-refractivity contribution in [2.24, 2.45) is 0 Å². The van der Waals surface area contributed by atoms with E-state index in [1.165, 1.54) is 43.6 Å². The maximum absolute atomic E-state index is 6.17. The van der Waals surface area contributed by atoms with Gasteiger partial charge in [0.15, 0.2) is 0 Å². The Bertz CT molecular complexity index is 2390. The lowest BCUT2D eigenvalue weighted by atomic mass is 10.1. The monoisotopic (exact) mass is 498 g/mol. The average molecular weight is 499 g/mol. The highest BCUT2D eigenvalue weighted by Gasteiger charge is 2.21. The molecule has 0 N–H and O–H groups in total. The Labute approximate surface area is 223 Å². The fraction of sp³-hybridized carbons (Fsp3) is 0. The average Bonchev–Trinajstić information content (AvgIpc) is 3.64. The Morgan fingerprint density at radius 3 is 1.90 bits per heavy atom. The highest BCUT2D eigenvalue weighted by atomic mass is 16.3. The van der Waals surface area contributed by atoms with E-state index in [2.05, 4.69) is 130 Å². The highest BCUT2D eigenvalue weighted by molar-refractivity contribution is 6.26. The minimum absolute atomic E-state index is 0.909. The lowest BCUT2D eigenvalue weighted by molar-refractivity contribution is 0.669. The van der Waals surface area contributed by atoms with Gasteiger partial charge in [0.1, 0.15) is 11.2 Å². The van der Waals surface area contributed by atoms with Crippen LogP contribution >= 0.6 is 0 Å². The van der Waals surface area contributed by atoms with E-state index in [1.54, 1.807) is 0 Å². The summed E-state index contributed by atoms with van der Waals surface area (Å²) in [6.45, 7) is 0. The number of fused-ring (bicyclic) bond motifs is 10. The number of benzene rings is 6. The molecular weight excluding hydrogens is 476 g/mol. The molecule has 0 unspecified atom stereocenters. The van der Waals surface area contributed by atoms with Crippen LogP contribution in [-0.2, 0) is 0 Å². The summed E-state index contributed by atoms with van der Waals surface area (Å²) in [5, 5.41) is 7.30. The van der Waals surface area contributed by atoms with Crippen LogP contribution in [0.15, 0.2) is 138 Å². The topological polar surface area (TPSA) is 23.0 Å². The van der Waals surface area contributed by atoms with Crippen molar-refractivity contribution in [3.63, 3.8) is 0 Å². The van der Waals surface area contributed by atoms with E-state index in [0.29, 0.717) is 0 Å². The van der Waals surface area contributed by atoms with Gasteiger partial charge in [-0.3, -0.25) is 0 Å². The van der Waals surface area contributed by atoms with Crippen LogP contribution in [0.1, 0.15) is 0 Å². The third kappa shape index (κ3) is 2.76. The van der Waals surface area contributed by atoms with E-state index in [4.69, 9.17) is 4.42 Å². The van der Waals surface area contributed by atoms with Crippen LogP contribution in [0.2, 0.25) is 0 Å². The molecule has 0 saturated heterocycles. The molecule has 3 heterocycles. The number of hydrogen-bond acceptors (Lipinski definition) is 1. The zero-order valence-electron chi connectivity index (χ0n) is 21.0. The first-order valence-electron chi connectivity index (χ1n) is 13.3. The molecule has 6 aromatic carbocycles. The van der Waals surface area contributed by atoms with Crippen molar-refractivity contribution in [2.75, 3.05) is 0 Å². The Morgan fingerprint density at radius 1 is 0.385 bits per heavy atom. The van der Waals surface area contributed by atoms with Gasteiger partial charge < -0.3 is 13.6 Å². The van der Waals surface area contributed by atoms with Crippen LogP contribution in [0.25, 0.3) is 76.9 Å². The Balaban J connectivity index is 1.49. The number of para-hydroxylation sites is 4. The number of rotatable bonds is 2. The fourth-order valence-electron chi connectivity index (χ4n) is 6.49. The van der Waals surface area contributed by atoms with Crippen LogP contribution in [0, 0.1) is 0 Å². The molecule has 0 saturated carbocycles. The van der Waals surface area contributed by atoms with Gasteiger partial charge >= 0.3 is 0 Å². The Kier molecular flexibility index (Phi) is 4.05.